The summed E-state index contributed by atoms with van der Waals surface area (Å²) in [6.07, 6.45) is 3.43. The van der Waals surface area contributed by atoms with Gasteiger partial charge in [-0.3, -0.25) is 10.2 Å². The molecule has 0 aromatic heterocycles. The lowest BCUT2D eigenvalue weighted by molar-refractivity contribution is 0.0262. The summed E-state index contributed by atoms with van der Waals surface area (Å²) < 4.78 is 10.8. The number of likely N-dealkylation sites (tertiary alicyclic amines) is 1. The van der Waals surface area contributed by atoms with E-state index in [2.05, 4.69) is 10.2 Å². The first-order valence-electron chi connectivity index (χ1n) is 5.38. The third-order valence-corrected chi connectivity index (χ3v) is 3.34. The number of methoxy groups -OCH3 is 2. The van der Waals surface area contributed by atoms with Crippen molar-refractivity contribution in [3.63, 3.8) is 0 Å². The molecule has 2 saturated heterocycles. The standard InChI is InChI=1S/C10H20N2O2/c1-13-8-4-6-12(7-8)10-9(14-2)3-5-11-10/h8-11H,3-7H2,1-2H3/t8-,9+,10?/m1/s1. The fourth-order valence-corrected chi connectivity index (χ4v) is 2.47. The maximum Gasteiger partial charge on any atom is 0.0870 e. The van der Waals surface area contributed by atoms with Crippen LogP contribution >= 0.6 is 0 Å². The predicted molar refractivity (Wildman–Crippen MR) is 54.2 cm³/mol. The molecule has 0 aromatic rings. The topological polar surface area (TPSA) is 33.7 Å². The molecular formula is C10H20N2O2. The molecule has 14 heavy (non-hydrogen) atoms. The number of hydrogen-bond donors (Lipinski definition) is 1. The van der Waals surface area contributed by atoms with Crippen LogP contribution in [-0.2, 0) is 9.47 Å². The number of nitrogens with one attached hydrogen (secondary N) is 1. The first-order chi connectivity index (χ1) is 6.85. The van der Waals surface area contributed by atoms with Crippen LogP contribution in [0.4, 0.5) is 0 Å². The van der Waals surface area contributed by atoms with Crippen molar-refractivity contribution in [2.24, 2.45) is 0 Å². The van der Waals surface area contributed by atoms with Gasteiger partial charge in [0.2, 0.25) is 0 Å². The summed E-state index contributed by atoms with van der Waals surface area (Å²) in [5, 5.41) is 3.49. The Morgan fingerprint density at radius 1 is 1.21 bits per heavy atom. The molecule has 0 bridgehead atoms. The molecule has 4 heteroatoms. The monoisotopic (exact) mass is 200 g/mol. The molecule has 0 saturated carbocycles. The molecule has 0 amide bonds. The van der Waals surface area contributed by atoms with Gasteiger partial charge in [-0.1, -0.05) is 0 Å². The zero-order chi connectivity index (χ0) is 9.97. The highest BCUT2D eigenvalue weighted by Gasteiger charge is 2.35. The van der Waals surface area contributed by atoms with Crippen molar-refractivity contribution < 1.29 is 9.47 Å². The van der Waals surface area contributed by atoms with Gasteiger partial charge < -0.3 is 9.47 Å². The molecule has 2 heterocycles. The van der Waals surface area contributed by atoms with Crippen LogP contribution in [0, 0.1) is 0 Å². The molecule has 0 spiro atoms. The summed E-state index contributed by atoms with van der Waals surface area (Å²) in [6.45, 7) is 3.22. The fraction of sp³-hybridized carbons (Fsp3) is 1.00. The second-order valence-corrected chi connectivity index (χ2v) is 4.10. The van der Waals surface area contributed by atoms with Crippen molar-refractivity contribution >= 4 is 0 Å². The molecule has 3 atom stereocenters. The molecule has 4 nitrogen and oxygen atoms in total. The van der Waals surface area contributed by atoms with E-state index >= 15 is 0 Å². The Labute approximate surface area is 85.5 Å². The van der Waals surface area contributed by atoms with Crippen LogP contribution in [0.3, 0.4) is 0 Å². The van der Waals surface area contributed by atoms with Gasteiger partial charge in [0.1, 0.15) is 0 Å². The van der Waals surface area contributed by atoms with Crippen molar-refractivity contribution in [1.29, 1.82) is 0 Å². The van der Waals surface area contributed by atoms with E-state index in [0.717, 1.165) is 32.5 Å². The highest BCUT2D eigenvalue weighted by atomic mass is 16.5. The zero-order valence-corrected chi connectivity index (χ0v) is 9.03. The molecule has 0 aromatic carbocycles. The van der Waals surface area contributed by atoms with Crippen LogP contribution < -0.4 is 5.32 Å². The Bertz CT molecular complexity index is 189. The normalized spacial score (nSPS) is 39.4. The molecule has 2 aliphatic rings. The third kappa shape index (κ3) is 1.93. The second-order valence-electron chi connectivity index (χ2n) is 4.10. The lowest BCUT2D eigenvalue weighted by Crippen LogP contribution is -2.47. The van der Waals surface area contributed by atoms with E-state index in [1.807, 2.05) is 0 Å². The number of hydrogen-bond acceptors (Lipinski definition) is 4. The Balaban J connectivity index is 1.89. The van der Waals surface area contributed by atoms with Crippen molar-refractivity contribution in [2.75, 3.05) is 33.9 Å². The van der Waals surface area contributed by atoms with Crippen molar-refractivity contribution in [2.45, 2.75) is 31.2 Å². The fourth-order valence-electron chi connectivity index (χ4n) is 2.47. The summed E-state index contributed by atoms with van der Waals surface area (Å²) in [7, 11) is 3.60. The third-order valence-electron chi connectivity index (χ3n) is 3.34. The lowest BCUT2D eigenvalue weighted by atomic mass is 10.2. The maximum atomic E-state index is 5.46. The average Bonchev–Trinajstić information content (AvgIpc) is 2.85. The largest absolute Gasteiger partial charge is 0.380 e. The molecular weight excluding hydrogens is 180 g/mol. The van der Waals surface area contributed by atoms with Gasteiger partial charge in [-0.05, 0) is 19.4 Å². The summed E-state index contributed by atoms with van der Waals surface area (Å²) in [5.41, 5.74) is 0. The molecule has 2 fully saturated rings. The quantitative estimate of drug-likeness (QED) is 0.697. The van der Waals surface area contributed by atoms with Gasteiger partial charge in [0.05, 0.1) is 18.4 Å². The summed E-state index contributed by atoms with van der Waals surface area (Å²) in [6, 6.07) is 0. The van der Waals surface area contributed by atoms with Crippen LogP contribution in [0.1, 0.15) is 12.8 Å². The highest BCUT2D eigenvalue weighted by molar-refractivity contribution is 4.89. The van der Waals surface area contributed by atoms with Crippen LogP contribution in [0.15, 0.2) is 0 Å². The first kappa shape index (κ1) is 10.4. The van der Waals surface area contributed by atoms with E-state index in [4.69, 9.17) is 9.47 Å². The van der Waals surface area contributed by atoms with Gasteiger partial charge in [0.15, 0.2) is 0 Å². The van der Waals surface area contributed by atoms with Crippen molar-refractivity contribution in [3.05, 3.63) is 0 Å². The van der Waals surface area contributed by atoms with Gasteiger partial charge in [0, 0.05) is 27.3 Å². The SMILES string of the molecule is CO[C@@H]1CCN(C2NCC[C@@H]2OC)C1. The van der Waals surface area contributed by atoms with Crippen LogP contribution in [-0.4, -0.2) is 57.1 Å². The number of nitrogens with zero attached hydrogens (tertiary/aromatic N) is 1. The molecule has 1 N–H and O–H groups in total. The lowest BCUT2D eigenvalue weighted by Gasteiger charge is -2.28. The summed E-state index contributed by atoms with van der Waals surface area (Å²) in [5.74, 6) is 0. The minimum absolute atomic E-state index is 0.352. The van der Waals surface area contributed by atoms with Gasteiger partial charge in [0.25, 0.3) is 0 Å². The van der Waals surface area contributed by atoms with Crippen molar-refractivity contribution in [1.82, 2.24) is 10.2 Å². The van der Waals surface area contributed by atoms with E-state index in [-0.39, 0.29) is 0 Å². The summed E-state index contributed by atoms with van der Waals surface area (Å²) >= 11 is 0. The van der Waals surface area contributed by atoms with E-state index in [1.54, 1.807) is 14.2 Å². The van der Waals surface area contributed by atoms with Crippen LogP contribution in [0.2, 0.25) is 0 Å². The van der Waals surface area contributed by atoms with Gasteiger partial charge in [-0.2, -0.15) is 0 Å². The number of rotatable bonds is 3. The first-order valence-corrected chi connectivity index (χ1v) is 5.38. The van der Waals surface area contributed by atoms with Crippen molar-refractivity contribution in [3.8, 4) is 0 Å². The molecule has 2 rings (SSSR count). The zero-order valence-electron chi connectivity index (χ0n) is 9.03. The Hall–Kier alpha value is -0.160. The van der Waals surface area contributed by atoms with E-state index in [1.165, 1.54) is 0 Å². The summed E-state index contributed by atoms with van der Waals surface area (Å²) in [4.78, 5) is 2.44. The molecule has 82 valence electrons. The van der Waals surface area contributed by atoms with Crippen LogP contribution in [0.25, 0.3) is 0 Å². The Kier molecular flexibility index (Phi) is 3.38. The Morgan fingerprint density at radius 2 is 2.07 bits per heavy atom. The van der Waals surface area contributed by atoms with Gasteiger partial charge >= 0.3 is 0 Å². The maximum absolute atomic E-state index is 5.46. The predicted octanol–water partition coefficient (Wildman–Crippen LogP) is 0.0415. The average molecular weight is 200 g/mol. The van der Waals surface area contributed by atoms with E-state index in [0.29, 0.717) is 18.4 Å². The van der Waals surface area contributed by atoms with Crippen LogP contribution in [0.5, 0.6) is 0 Å². The molecule has 1 unspecified atom stereocenters. The molecule has 0 aliphatic carbocycles. The Morgan fingerprint density at radius 3 is 2.71 bits per heavy atom. The second kappa shape index (κ2) is 4.57. The van der Waals surface area contributed by atoms with Gasteiger partial charge in [-0.15, -0.1) is 0 Å². The highest BCUT2D eigenvalue weighted by Crippen LogP contribution is 2.20. The van der Waals surface area contributed by atoms with E-state index < -0.39 is 0 Å². The molecule has 2 aliphatic heterocycles. The molecule has 0 radical (unpaired) electrons. The van der Waals surface area contributed by atoms with E-state index in [9.17, 15) is 0 Å². The number of ether oxygens (including phenoxy) is 2. The minimum atomic E-state index is 0.352. The minimum Gasteiger partial charge on any atom is -0.380 e. The smallest absolute Gasteiger partial charge is 0.0870 e. The van der Waals surface area contributed by atoms with Gasteiger partial charge in [-0.25, -0.2) is 0 Å².